The summed E-state index contributed by atoms with van der Waals surface area (Å²) in [5, 5.41) is 0. The summed E-state index contributed by atoms with van der Waals surface area (Å²) in [6.45, 7) is 8.41. The lowest BCUT2D eigenvalue weighted by Gasteiger charge is -2.50. The van der Waals surface area contributed by atoms with Gasteiger partial charge in [-0.3, -0.25) is 4.79 Å². The van der Waals surface area contributed by atoms with E-state index in [-0.39, 0.29) is 11.5 Å². The Balaban J connectivity index is 1.98. The van der Waals surface area contributed by atoms with E-state index in [0.29, 0.717) is 34.5 Å². The molecule has 0 radical (unpaired) electrons. The van der Waals surface area contributed by atoms with Crippen LogP contribution >= 0.6 is 0 Å². The molecule has 0 saturated heterocycles. The van der Waals surface area contributed by atoms with Gasteiger partial charge in [-0.15, -0.1) is 0 Å². The SMILES string of the molecule is CCC1C2CCc3cc(OC)c(C(=O)/C=C(\C)OB(F)F)cc3C2CCC1(C)C. The summed E-state index contributed by atoms with van der Waals surface area (Å²) in [4.78, 5) is 12.8. The number of fused-ring (bicyclic) bond motifs is 3. The molecule has 2 aliphatic carbocycles. The number of carbonyl (C=O) groups excluding carboxylic acids is 1. The van der Waals surface area contributed by atoms with Crippen LogP contribution in [0.2, 0.25) is 0 Å². The molecule has 158 valence electrons. The van der Waals surface area contributed by atoms with Crippen molar-refractivity contribution in [2.45, 2.75) is 65.7 Å². The van der Waals surface area contributed by atoms with Crippen LogP contribution in [0.3, 0.4) is 0 Å². The van der Waals surface area contributed by atoms with E-state index < -0.39 is 7.47 Å². The first-order valence-corrected chi connectivity index (χ1v) is 10.6. The molecule has 0 heterocycles. The van der Waals surface area contributed by atoms with Crippen molar-refractivity contribution in [3.8, 4) is 5.75 Å². The number of carbonyl (C=O) groups is 1. The van der Waals surface area contributed by atoms with Crippen molar-refractivity contribution in [1.82, 2.24) is 0 Å². The van der Waals surface area contributed by atoms with E-state index in [1.807, 2.05) is 12.1 Å². The molecular weight excluding hydrogens is 373 g/mol. The van der Waals surface area contributed by atoms with Crippen molar-refractivity contribution in [1.29, 1.82) is 0 Å². The second-order valence-corrected chi connectivity index (χ2v) is 9.10. The highest BCUT2D eigenvalue weighted by atomic mass is 19.2. The van der Waals surface area contributed by atoms with Gasteiger partial charge >= 0.3 is 7.47 Å². The van der Waals surface area contributed by atoms with E-state index >= 15 is 0 Å². The molecule has 2 aliphatic rings. The summed E-state index contributed by atoms with van der Waals surface area (Å²) < 4.78 is 34.7. The standard InChI is InChI=1S/C23H31BF2O3/c1-6-20-17-8-7-15-12-22(28-5)19(21(27)11-14(2)29-24(25)26)13-18(15)16(17)9-10-23(20,3)4/h11-13,16-17,20H,6-10H2,1-5H3/b14-11+. The van der Waals surface area contributed by atoms with E-state index in [1.165, 1.54) is 38.0 Å². The highest BCUT2D eigenvalue weighted by Gasteiger charge is 2.45. The molecule has 3 rings (SSSR count). The average Bonchev–Trinajstić information content (AvgIpc) is 2.65. The zero-order valence-corrected chi connectivity index (χ0v) is 18.1. The molecule has 0 amide bonds. The maximum absolute atomic E-state index is 12.8. The Kier molecular flexibility index (Phi) is 6.40. The van der Waals surface area contributed by atoms with Gasteiger partial charge < -0.3 is 9.39 Å². The molecule has 0 spiro atoms. The molecule has 1 saturated carbocycles. The van der Waals surface area contributed by atoms with Gasteiger partial charge in [0.2, 0.25) is 0 Å². The summed E-state index contributed by atoms with van der Waals surface area (Å²) in [6.07, 6.45) is 6.72. The fourth-order valence-corrected chi connectivity index (χ4v) is 5.75. The van der Waals surface area contributed by atoms with Gasteiger partial charge in [-0.2, -0.15) is 0 Å². The average molecular weight is 404 g/mol. The lowest BCUT2D eigenvalue weighted by molar-refractivity contribution is 0.0434. The normalized spacial score (nSPS) is 25.6. The van der Waals surface area contributed by atoms with Crippen LogP contribution in [-0.2, 0) is 11.1 Å². The maximum Gasteiger partial charge on any atom is 0.796 e. The van der Waals surface area contributed by atoms with Crippen LogP contribution in [0.25, 0.3) is 0 Å². The molecule has 1 aromatic carbocycles. The third-order valence-corrected chi connectivity index (χ3v) is 7.06. The zero-order valence-electron chi connectivity index (χ0n) is 18.1. The number of benzene rings is 1. The largest absolute Gasteiger partial charge is 0.796 e. The van der Waals surface area contributed by atoms with E-state index in [1.54, 1.807) is 0 Å². The monoisotopic (exact) mass is 404 g/mol. The van der Waals surface area contributed by atoms with Crippen LogP contribution in [0.1, 0.15) is 80.8 Å². The predicted molar refractivity (Wildman–Crippen MR) is 111 cm³/mol. The van der Waals surface area contributed by atoms with E-state index in [2.05, 4.69) is 25.4 Å². The molecule has 0 aromatic heterocycles. The minimum Gasteiger partial charge on any atom is -0.509 e. The lowest BCUT2D eigenvalue weighted by Crippen LogP contribution is -2.40. The highest BCUT2D eigenvalue weighted by Crippen LogP contribution is 2.56. The Bertz CT molecular complexity index is 804. The van der Waals surface area contributed by atoms with Gasteiger partial charge in [-0.1, -0.05) is 27.2 Å². The van der Waals surface area contributed by atoms with Gasteiger partial charge in [-0.25, -0.2) is 8.63 Å². The first-order valence-electron chi connectivity index (χ1n) is 10.6. The first-order chi connectivity index (χ1) is 13.7. The number of aryl methyl sites for hydroxylation is 1. The summed E-state index contributed by atoms with van der Waals surface area (Å²) in [5.41, 5.74) is 3.24. The second-order valence-electron chi connectivity index (χ2n) is 9.10. The molecule has 1 aromatic rings. The highest BCUT2D eigenvalue weighted by molar-refractivity contribution is 6.34. The number of ketones is 1. The molecule has 3 nitrogen and oxygen atoms in total. The fraction of sp³-hybridized carbons (Fsp3) is 0.609. The topological polar surface area (TPSA) is 35.5 Å². The van der Waals surface area contributed by atoms with E-state index in [0.717, 1.165) is 25.3 Å². The van der Waals surface area contributed by atoms with Gasteiger partial charge in [0.25, 0.3) is 0 Å². The Labute approximate surface area is 173 Å². The van der Waals surface area contributed by atoms with Crippen LogP contribution in [0, 0.1) is 17.3 Å². The van der Waals surface area contributed by atoms with E-state index in [9.17, 15) is 13.4 Å². The Morgan fingerprint density at radius 1 is 1.31 bits per heavy atom. The third-order valence-electron chi connectivity index (χ3n) is 7.06. The molecule has 3 atom stereocenters. The predicted octanol–water partition coefficient (Wildman–Crippen LogP) is 6.21. The minimum atomic E-state index is -2.94. The molecule has 0 aliphatic heterocycles. The molecule has 29 heavy (non-hydrogen) atoms. The number of hydrogen-bond acceptors (Lipinski definition) is 3. The van der Waals surface area contributed by atoms with Crippen LogP contribution in [0.5, 0.6) is 5.75 Å². The van der Waals surface area contributed by atoms with E-state index in [4.69, 9.17) is 4.74 Å². The number of ether oxygens (including phenoxy) is 1. The summed E-state index contributed by atoms with van der Waals surface area (Å²) in [5.74, 6) is 1.75. The first kappa shape index (κ1) is 21.9. The molecular formula is C23H31BF2O3. The quantitative estimate of drug-likeness (QED) is 0.245. The van der Waals surface area contributed by atoms with Gasteiger partial charge in [0.05, 0.1) is 18.4 Å². The number of hydrogen-bond donors (Lipinski definition) is 0. The third kappa shape index (κ3) is 4.36. The van der Waals surface area contributed by atoms with Gasteiger partial charge in [0.15, 0.2) is 5.78 Å². The van der Waals surface area contributed by atoms with Crippen molar-refractivity contribution in [2.24, 2.45) is 17.3 Å². The van der Waals surface area contributed by atoms with Crippen LogP contribution in [0.15, 0.2) is 24.0 Å². The van der Waals surface area contributed by atoms with Crippen molar-refractivity contribution < 1.29 is 22.8 Å². The summed E-state index contributed by atoms with van der Waals surface area (Å²) in [6, 6.07) is 3.92. The number of allylic oxidation sites excluding steroid dienone is 2. The molecule has 6 heteroatoms. The molecule has 3 unspecified atom stereocenters. The van der Waals surface area contributed by atoms with Crippen molar-refractivity contribution >= 4 is 13.3 Å². The molecule has 1 fully saturated rings. The van der Waals surface area contributed by atoms with Crippen molar-refractivity contribution in [3.63, 3.8) is 0 Å². The number of halogens is 2. The van der Waals surface area contributed by atoms with Gasteiger partial charge in [-0.05, 0) is 79.0 Å². The Hall–Kier alpha value is -1.85. The number of rotatable bonds is 6. The fourth-order valence-electron chi connectivity index (χ4n) is 5.75. The summed E-state index contributed by atoms with van der Waals surface area (Å²) in [7, 11) is -1.41. The van der Waals surface area contributed by atoms with Gasteiger partial charge in [0.1, 0.15) is 5.75 Å². The van der Waals surface area contributed by atoms with Crippen molar-refractivity contribution in [3.05, 3.63) is 40.7 Å². The maximum atomic E-state index is 12.8. The Morgan fingerprint density at radius 2 is 2.03 bits per heavy atom. The lowest BCUT2D eigenvalue weighted by atomic mass is 9.54. The minimum absolute atomic E-state index is 0.104. The Morgan fingerprint density at radius 3 is 2.66 bits per heavy atom. The number of methoxy groups -OCH3 is 1. The van der Waals surface area contributed by atoms with Crippen LogP contribution in [-0.4, -0.2) is 20.4 Å². The second kappa shape index (κ2) is 8.49. The van der Waals surface area contributed by atoms with Gasteiger partial charge in [0, 0.05) is 6.08 Å². The zero-order chi connectivity index (χ0) is 21.3. The van der Waals surface area contributed by atoms with Crippen LogP contribution < -0.4 is 4.74 Å². The molecule has 0 N–H and O–H groups in total. The smallest absolute Gasteiger partial charge is 0.509 e. The van der Waals surface area contributed by atoms with Crippen LogP contribution in [0.4, 0.5) is 8.63 Å². The summed E-state index contributed by atoms with van der Waals surface area (Å²) >= 11 is 0. The van der Waals surface area contributed by atoms with Crippen molar-refractivity contribution in [2.75, 3.05) is 7.11 Å². The molecule has 0 bridgehead atoms.